The van der Waals surface area contributed by atoms with Crippen molar-refractivity contribution >= 4 is 5.69 Å². The van der Waals surface area contributed by atoms with Gasteiger partial charge in [0.05, 0.1) is 6.10 Å². The van der Waals surface area contributed by atoms with Gasteiger partial charge in [0.2, 0.25) is 0 Å². The first-order chi connectivity index (χ1) is 8.09. The van der Waals surface area contributed by atoms with Gasteiger partial charge in [-0.25, -0.2) is 4.39 Å². The topological polar surface area (TPSA) is 23.5 Å². The standard InChI is InChI=1S/C14H20FNO/c1-10(17)13-9-11(15)7-8-14(13)16(2)12-5-3-4-6-12/h7-10,12,17H,3-6H2,1-2H3. The summed E-state index contributed by atoms with van der Waals surface area (Å²) in [6.45, 7) is 1.68. The summed E-state index contributed by atoms with van der Waals surface area (Å²) in [6, 6.07) is 5.20. The number of hydrogen-bond acceptors (Lipinski definition) is 2. The molecular weight excluding hydrogens is 217 g/mol. The molecule has 0 saturated heterocycles. The number of rotatable bonds is 3. The van der Waals surface area contributed by atoms with Crippen LogP contribution in [0.15, 0.2) is 18.2 Å². The van der Waals surface area contributed by atoms with Crippen molar-refractivity contribution < 1.29 is 9.50 Å². The highest BCUT2D eigenvalue weighted by atomic mass is 19.1. The van der Waals surface area contributed by atoms with Crippen LogP contribution in [0.25, 0.3) is 0 Å². The Morgan fingerprint density at radius 2 is 2.00 bits per heavy atom. The van der Waals surface area contributed by atoms with E-state index in [-0.39, 0.29) is 5.82 Å². The van der Waals surface area contributed by atoms with Gasteiger partial charge >= 0.3 is 0 Å². The van der Waals surface area contributed by atoms with E-state index in [4.69, 9.17) is 0 Å². The van der Waals surface area contributed by atoms with Crippen LogP contribution < -0.4 is 4.90 Å². The van der Waals surface area contributed by atoms with Gasteiger partial charge in [-0.1, -0.05) is 12.8 Å². The van der Waals surface area contributed by atoms with Crippen molar-refractivity contribution in [1.29, 1.82) is 0 Å². The summed E-state index contributed by atoms with van der Waals surface area (Å²) < 4.78 is 13.2. The first-order valence-corrected chi connectivity index (χ1v) is 6.30. The molecule has 1 aliphatic rings. The first kappa shape index (κ1) is 12.4. The molecule has 1 N–H and O–H groups in total. The minimum absolute atomic E-state index is 0.288. The first-order valence-electron chi connectivity index (χ1n) is 6.30. The molecule has 0 amide bonds. The molecular formula is C14H20FNO. The Morgan fingerprint density at radius 1 is 1.35 bits per heavy atom. The molecule has 0 bridgehead atoms. The molecule has 2 nitrogen and oxygen atoms in total. The van der Waals surface area contributed by atoms with E-state index in [1.807, 2.05) is 7.05 Å². The molecule has 0 aliphatic heterocycles. The van der Waals surface area contributed by atoms with Crippen molar-refractivity contribution in [3.8, 4) is 0 Å². The third-order valence-corrected chi connectivity index (χ3v) is 3.69. The second-order valence-corrected chi connectivity index (χ2v) is 4.93. The molecule has 1 saturated carbocycles. The van der Waals surface area contributed by atoms with Crippen LogP contribution in [0.1, 0.15) is 44.3 Å². The highest BCUT2D eigenvalue weighted by Crippen LogP contribution is 2.32. The van der Waals surface area contributed by atoms with Crippen LogP contribution in [-0.4, -0.2) is 18.2 Å². The molecule has 0 radical (unpaired) electrons. The van der Waals surface area contributed by atoms with Crippen molar-refractivity contribution in [1.82, 2.24) is 0 Å². The number of hydrogen-bond donors (Lipinski definition) is 1. The molecule has 17 heavy (non-hydrogen) atoms. The van der Waals surface area contributed by atoms with Gasteiger partial charge < -0.3 is 10.0 Å². The Bertz CT molecular complexity index is 386. The van der Waals surface area contributed by atoms with E-state index in [0.29, 0.717) is 11.6 Å². The Kier molecular flexibility index (Phi) is 3.67. The van der Waals surface area contributed by atoms with Gasteiger partial charge in [-0.2, -0.15) is 0 Å². The molecule has 0 aromatic heterocycles. The van der Waals surface area contributed by atoms with E-state index in [1.165, 1.54) is 37.8 Å². The number of nitrogens with zero attached hydrogens (tertiary/aromatic N) is 1. The Balaban J connectivity index is 2.29. The summed E-state index contributed by atoms with van der Waals surface area (Å²) in [6.07, 6.45) is 4.27. The van der Waals surface area contributed by atoms with Crippen LogP contribution in [0.4, 0.5) is 10.1 Å². The van der Waals surface area contributed by atoms with Crippen molar-refractivity contribution in [2.75, 3.05) is 11.9 Å². The molecule has 2 rings (SSSR count). The van der Waals surface area contributed by atoms with Crippen LogP contribution in [-0.2, 0) is 0 Å². The lowest BCUT2D eigenvalue weighted by molar-refractivity contribution is 0.199. The lowest BCUT2D eigenvalue weighted by Gasteiger charge is -2.29. The monoisotopic (exact) mass is 237 g/mol. The molecule has 3 heteroatoms. The fourth-order valence-corrected chi connectivity index (χ4v) is 2.67. The van der Waals surface area contributed by atoms with E-state index in [2.05, 4.69) is 4.90 Å². The van der Waals surface area contributed by atoms with Crippen LogP contribution >= 0.6 is 0 Å². The Labute approximate surface area is 102 Å². The summed E-state index contributed by atoms with van der Waals surface area (Å²) in [5, 5.41) is 9.73. The highest BCUT2D eigenvalue weighted by Gasteiger charge is 2.22. The molecule has 94 valence electrons. The Morgan fingerprint density at radius 3 is 2.59 bits per heavy atom. The molecule has 1 aromatic rings. The normalized spacial score (nSPS) is 18.4. The molecule has 0 spiro atoms. The zero-order valence-electron chi connectivity index (χ0n) is 10.5. The molecule has 0 heterocycles. The average molecular weight is 237 g/mol. The summed E-state index contributed by atoms with van der Waals surface area (Å²) in [7, 11) is 2.04. The maximum Gasteiger partial charge on any atom is 0.123 e. The van der Waals surface area contributed by atoms with Gasteiger partial charge in [0.15, 0.2) is 0 Å². The molecule has 1 aliphatic carbocycles. The van der Waals surface area contributed by atoms with Gasteiger partial charge in [-0.3, -0.25) is 0 Å². The highest BCUT2D eigenvalue weighted by molar-refractivity contribution is 5.55. The second kappa shape index (κ2) is 5.05. The molecule has 1 unspecified atom stereocenters. The van der Waals surface area contributed by atoms with Gasteiger partial charge in [-0.15, -0.1) is 0 Å². The van der Waals surface area contributed by atoms with E-state index < -0.39 is 6.10 Å². The van der Waals surface area contributed by atoms with Crippen molar-refractivity contribution in [2.24, 2.45) is 0 Å². The zero-order valence-corrected chi connectivity index (χ0v) is 10.5. The molecule has 1 fully saturated rings. The van der Waals surface area contributed by atoms with Crippen molar-refractivity contribution in [3.05, 3.63) is 29.6 Å². The van der Waals surface area contributed by atoms with Crippen LogP contribution in [0.5, 0.6) is 0 Å². The van der Waals surface area contributed by atoms with Gasteiger partial charge in [0.25, 0.3) is 0 Å². The zero-order chi connectivity index (χ0) is 12.4. The smallest absolute Gasteiger partial charge is 0.123 e. The van der Waals surface area contributed by atoms with Crippen LogP contribution in [0.2, 0.25) is 0 Å². The number of benzene rings is 1. The largest absolute Gasteiger partial charge is 0.389 e. The summed E-state index contributed by atoms with van der Waals surface area (Å²) in [5.74, 6) is -0.288. The van der Waals surface area contributed by atoms with Crippen LogP contribution in [0.3, 0.4) is 0 Å². The van der Waals surface area contributed by atoms with Gasteiger partial charge in [0.1, 0.15) is 5.82 Å². The van der Waals surface area contributed by atoms with Crippen molar-refractivity contribution in [3.63, 3.8) is 0 Å². The van der Waals surface area contributed by atoms with E-state index in [9.17, 15) is 9.50 Å². The third kappa shape index (κ3) is 2.60. The van der Waals surface area contributed by atoms with Crippen molar-refractivity contribution in [2.45, 2.75) is 44.8 Å². The number of aliphatic hydroxyl groups is 1. The number of halogens is 1. The lowest BCUT2D eigenvalue weighted by Crippen LogP contribution is -2.29. The molecule has 1 aromatic carbocycles. The van der Waals surface area contributed by atoms with E-state index >= 15 is 0 Å². The fourth-order valence-electron chi connectivity index (χ4n) is 2.67. The fraction of sp³-hybridized carbons (Fsp3) is 0.571. The Hall–Kier alpha value is -1.09. The van der Waals surface area contributed by atoms with E-state index in [0.717, 1.165) is 5.69 Å². The second-order valence-electron chi connectivity index (χ2n) is 4.93. The quantitative estimate of drug-likeness (QED) is 0.872. The van der Waals surface area contributed by atoms with Gasteiger partial charge in [-0.05, 0) is 38.0 Å². The average Bonchev–Trinajstić information content (AvgIpc) is 2.81. The minimum Gasteiger partial charge on any atom is -0.389 e. The number of aliphatic hydroxyl groups excluding tert-OH is 1. The number of anilines is 1. The van der Waals surface area contributed by atoms with E-state index in [1.54, 1.807) is 13.0 Å². The summed E-state index contributed by atoms with van der Waals surface area (Å²) in [5.41, 5.74) is 1.63. The predicted molar refractivity (Wildman–Crippen MR) is 67.7 cm³/mol. The third-order valence-electron chi connectivity index (χ3n) is 3.69. The molecule has 1 atom stereocenters. The maximum absolute atomic E-state index is 13.2. The summed E-state index contributed by atoms with van der Waals surface area (Å²) >= 11 is 0. The lowest BCUT2D eigenvalue weighted by atomic mass is 10.1. The maximum atomic E-state index is 13.2. The summed E-state index contributed by atoms with van der Waals surface area (Å²) in [4.78, 5) is 2.19. The SMILES string of the molecule is CC(O)c1cc(F)ccc1N(C)C1CCCC1. The minimum atomic E-state index is -0.635. The van der Waals surface area contributed by atoms with Crippen LogP contribution in [0, 0.1) is 5.82 Å². The van der Waals surface area contributed by atoms with Gasteiger partial charge in [0, 0.05) is 24.3 Å². The predicted octanol–water partition coefficient (Wildman–Crippen LogP) is 3.26.